The van der Waals surface area contributed by atoms with E-state index in [2.05, 4.69) is 10.6 Å². The molecule has 0 unspecified atom stereocenters. The molecule has 0 aliphatic rings. The molecule has 0 bridgehead atoms. The van der Waals surface area contributed by atoms with Crippen LogP contribution in [0.3, 0.4) is 0 Å². The average Bonchev–Trinajstić information content (AvgIpc) is 3.00. The number of hydrogen-bond donors (Lipinski definition) is 4. The van der Waals surface area contributed by atoms with Crippen LogP contribution in [0.25, 0.3) is 0 Å². The maximum atomic E-state index is 13.1. The SMILES string of the molecule is Cc1ccc(NC(=O)O[C@H](c2ccc(OCCO)cc2)[C@@H](/C=C/C(=O)Nc2ccccc2N)Oc2ccccc2)cc1. The number of amides is 2. The lowest BCUT2D eigenvalue weighted by molar-refractivity contribution is -0.112. The van der Waals surface area contributed by atoms with Crippen molar-refractivity contribution in [3.05, 3.63) is 126 Å². The number of hydrogen-bond acceptors (Lipinski definition) is 7. The number of nitrogens with one attached hydrogen (secondary N) is 2. The molecule has 4 aromatic carbocycles. The molecule has 0 saturated heterocycles. The first kappa shape index (κ1) is 29.7. The van der Waals surface area contributed by atoms with Gasteiger partial charge < -0.3 is 30.4 Å². The highest BCUT2D eigenvalue weighted by molar-refractivity contribution is 6.01. The fourth-order valence-corrected chi connectivity index (χ4v) is 3.97. The van der Waals surface area contributed by atoms with Gasteiger partial charge in [-0.2, -0.15) is 0 Å². The molecule has 0 radical (unpaired) electrons. The highest BCUT2D eigenvalue weighted by Gasteiger charge is 2.28. The Kier molecular flexibility index (Phi) is 10.6. The van der Waals surface area contributed by atoms with Gasteiger partial charge in [-0.25, -0.2) is 4.79 Å². The zero-order chi connectivity index (χ0) is 29.7. The highest BCUT2D eigenvalue weighted by atomic mass is 16.6. The standard InChI is InChI=1S/C33H33N3O6/c1-23-11-15-25(16-12-23)35-33(39)42-32(24-13-17-26(18-14-24)40-22-21-37)30(41-27-7-3-2-4-8-27)19-20-31(38)36-29-10-6-5-9-28(29)34/h2-20,30,32,37H,21-22,34H2,1H3,(H,35,39)(H,36,38)/b20-19+/t30-,32-/m1/s1. The zero-order valence-corrected chi connectivity index (χ0v) is 23.1. The van der Waals surface area contributed by atoms with E-state index in [4.69, 9.17) is 25.1 Å². The molecule has 2 atom stereocenters. The fourth-order valence-electron chi connectivity index (χ4n) is 3.97. The number of benzene rings is 4. The first-order valence-corrected chi connectivity index (χ1v) is 13.3. The van der Waals surface area contributed by atoms with Gasteiger partial charge in [0, 0.05) is 11.8 Å². The van der Waals surface area contributed by atoms with Crippen molar-refractivity contribution in [1.82, 2.24) is 0 Å². The van der Waals surface area contributed by atoms with E-state index in [1.165, 1.54) is 12.2 Å². The maximum absolute atomic E-state index is 13.1. The van der Waals surface area contributed by atoms with Crippen LogP contribution in [0.1, 0.15) is 17.2 Å². The number of carbonyl (C=O) groups excluding carboxylic acids is 2. The predicted molar refractivity (Wildman–Crippen MR) is 163 cm³/mol. The third-order valence-electron chi connectivity index (χ3n) is 6.07. The number of anilines is 3. The Morgan fingerprint density at radius 1 is 0.857 bits per heavy atom. The van der Waals surface area contributed by atoms with Crippen LogP contribution in [-0.4, -0.2) is 36.4 Å². The van der Waals surface area contributed by atoms with E-state index < -0.39 is 24.2 Å². The van der Waals surface area contributed by atoms with Crippen molar-refractivity contribution in [2.24, 2.45) is 0 Å². The minimum atomic E-state index is -0.978. The van der Waals surface area contributed by atoms with Gasteiger partial charge in [-0.15, -0.1) is 0 Å². The number of carbonyl (C=O) groups is 2. The molecular formula is C33H33N3O6. The third-order valence-corrected chi connectivity index (χ3v) is 6.07. The monoisotopic (exact) mass is 567 g/mol. The van der Waals surface area contributed by atoms with Crippen LogP contribution in [0.4, 0.5) is 21.9 Å². The predicted octanol–water partition coefficient (Wildman–Crippen LogP) is 5.88. The lowest BCUT2D eigenvalue weighted by Crippen LogP contribution is -2.30. The molecule has 2 amide bonds. The van der Waals surface area contributed by atoms with E-state index in [1.54, 1.807) is 72.8 Å². The van der Waals surface area contributed by atoms with Gasteiger partial charge in [0.15, 0.2) is 12.2 Å². The molecule has 42 heavy (non-hydrogen) atoms. The average molecular weight is 568 g/mol. The van der Waals surface area contributed by atoms with Crippen LogP contribution in [0.5, 0.6) is 11.5 Å². The molecule has 9 heteroatoms. The van der Waals surface area contributed by atoms with Gasteiger partial charge >= 0.3 is 6.09 Å². The minimum Gasteiger partial charge on any atom is -0.491 e. The summed E-state index contributed by atoms with van der Waals surface area (Å²) in [6.07, 6.45) is 0.239. The lowest BCUT2D eigenvalue weighted by atomic mass is 10.0. The lowest BCUT2D eigenvalue weighted by Gasteiger charge is -2.26. The Morgan fingerprint density at radius 3 is 2.24 bits per heavy atom. The van der Waals surface area contributed by atoms with Crippen molar-refractivity contribution in [2.45, 2.75) is 19.1 Å². The fraction of sp³-hybridized carbons (Fsp3) is 0.152. The summed E-state index contributed by atoms with van der Waals surface area (Å²) in [4.78, 5) is 26.0. The quantitative estimate of drug-likeness (QED) is 0.124. The Morgan fingerprint density at radius 2 is 1.55 bits per heavy atom. The molecule has 5 N–H and O–H groups in total. The summed E-state index contributed by atoms with van der Waals surface area (Å²) in [7, 11) is 0. The minimum absolute atomic E-state index is 0.124. The number of aliphatic hydroxyl groups is 1. The number of nitrogens with two attached hydrogens (primary N) is 1. The zero-order valence-electron chi connectivity index (χ0n) is 23.1. The van der Waals surface area contributed by atoms with Gasteiger partial charge in [-0.3, -0.25) is 10.1 Å². The number of aryl methyl sites for hydroxylation is 1. The number of ether oxygens (including phenoxy) is 3. The van der Waals surface area contributed by atoms with E-state index in [0.29, 0.717) is 34.1 Å². The van der Waals surface area contributed by atoms with Crippen LogP contribution >= 0.6 is 0 Å². The summed E-state index contributed by atoms with van der Waals surface area (Å²) in [6.45, 7) is 1.97. The van der Waals surface area contributed by atoms with Crippen LogP contribution in [0, 0.1) is 6.92 Å². The molecule has 0 aliphatic carbocycles. The molecule has 4 rings (SSSR count). The third kappa shape index (κ3) is 8.87. The normalized spacial score (nSPS) is 12.2. The summed E-state index contributed by atoms with van der Waals surface area (Å²) in [5.41, 5.74) is 9.06. The number of rotatable bonds is 12. The summed E-state index contributed by atoms with van der Waals surface area (Å²) >= 11 is 0. The van der Waals surface area contributed by atoms with Crippen molar-refractivity contribution in [1.29, 1.82) is 0 Å². The second-order valence-corrected chi connectivity index (χ2v) is 9.29. The molecule has 0 aromatic heterocycles. The smallest absolute Gasteiger partial charge is 0.412 e. The molecule has 0 spiro atoms. The van der Waals surface area contributed by atoms with Crippen LogP contribution in [0.15, 0.2) is 115 Å². The maximum Gasteiger partial charge on any atom is 0.412 e. The summed E-state index contributed by atoms with van der Waals surface area (Å²) in [6, 6.07) is 30.1. The van der Waals surface area contributed by atoms with Crippen LogP contribution < -0.4 is 25.8 Å². The van der Waals surface area contributed by atoms with Gasteiger partial charge in [-0.1, -0.05) is 60.2 Å². The van der Waals surface area contributed by atoms with E-state index in [0.717, 1.165) is 5.56 Å². The van der Waals surface area contributed by atoms with Crippen molar-refractivity contribution < 1.29 is 28.9 Å². The molecule has 0 heterocycles. The molecule has 216 valence electrons. The van der Waals surface area contributed by atoms with Gasteiger partial charge in [-0.05, 0) is 67.1 Å². The Bertz CT molecular complexity index is 1470. The second-order valence-electron chi connectivity index (χ2n) is 9.29. The van der Waals surface area contributed by atoms with Crippen LogP contribution in [0.2, 0.25) is 0 Å². The van der Waals surface area contributed by atoms with Crippen molar-refractivity contribution >= 4 is 29.1 Å². The van der Waals surface area contributed by atoms with Gasteiger partial charge in [0.05, 0.1) is 18.0 Å². The van der Waals surface area contributed by atoms with Gasteiger partial charge in [0.2, 0.25) is 5.91 Å². The summed E-state index contributed by atoms with van der Waals surface area (Å²) in [5, 5.41) is 14.6. The second kappa shape index (κ2) is 14.9. The molecule has 0 fully saturated rings. The molecule has 4 aromatic rings. The van der Waals surface area contributed by atoms with Crippen molar-refractivity contribution in [2.75, 3.05) is 29.6 Å². The summed E-state index contributed by atoms with van der Waals surface area (Å²) < 4.78 is 17.7. The molecule has 0 aliphatic heterocycles. The van der Waals surface area contributed by atoms with E-state index in [9.17, 15) is 9.59 Å². The van der Waals surface area contributed by atoms with Gasteiger partial charge in [0.25, 0.3) is 0 Å². The van der Waals surface area contributed by atoms with E-state index in [1.807, 2.05) is 37.3 Å². The number of aliphatic hydroxyl groups excluding tert-OH is 1. The Balaban J connectivity index is 1.64. The van der Waals surface area contributed by atoms with Crippen LogP contribution in [-0.2, 0) is 9.53 Å². The topological polar surface area (TPSA) is 132 Å². The highest BCUT2D eigenvalue weighted by Crippen LogP contribution is 2.29. The van der Waals surface area contributed by atoms with Crippen molar-refractivity contribution in [3.63, 3.8) is 0 Å². The first-order chi connectivity index (χ1) is 20.4. The summed E-state index contributed by atoms with van der Waals surface area (Å²) in [5.74, 6) is 0.604. The number of nitrogen functional groups attached to an aromatic ring is 1. The largest absolute Gasteiger partial charge is 0.491 e. The first-order valence-electron chi connectivity index (χ1n) is 13.3. The molecular weight excluding hydrogens is 534 g/mol. The van der Waals surface area contributed by atoms with Gasteiger partial charge in [0.1, 0.15) is 18.1 Å². The molecule has 0 saturated carbocycles. The Labute approximate surface area is 244 Å². The van der Waals surface area contributed by atoms with E-state index >= 15 is 0 Å². The Hall–Kier alpha value is -5.28. The van der Waals surface area contributed by atoms with E-state index in [-0.39, 0.29) is 13.2 Å². The number of para-hydroxylation sites is 3. The van der Waals surface area contributed by atoms with Crippen molar-refractivity contribution in [3.8, 4) is 11.5 Å². The molecule has 9 nitrogen and oxygen atoms in total.